The number of hydrogen-bond donors (Lipinski definition) is 1. The van der Waals surface area contributed by atoms with Crippen LogP contribution in [0.15, 0.2) is 71.3 Å². The average molecular weight is 423 g/mol. The number of alkyl halides is 3. The molecule has 0 bridgehead atoms. The molecule has 1 aromatic heterocycles. The first-order chi connectivity index (χ1) is 14.7. The van der Waals surface area contributed by atoms with Gasteiger partial charge >= 0.3 is 6.18 Å². The van der Waals surface area contributed by atoms with Crippen molar-refractivity contribution < 1.29 is 17.7 Å². The molecule has 0 radical (unpaired) electrons. The van der Waals surface area contributed by atoms with Crippen LogP contribution in [-0.2, 0) is 6.18 Å². The van der Waals surface area contributed by atoms with E-state index in [1.807, 2.05) is 19.1 Å². The average Bonchev–Trinajstić information content (AvgIpc) is 3.23. The number of benzene rings is 3. The quantitative estimate of drug-likeness (QED) is 0.411. The van der Waals surface area contributed by atoms with Crippen LogP contribution >= 0.6 is 0 Å². The first-order valence-corrected chi connectivity index (χ1v) is 9.71. The first kappa shape index (κ1) is 20.8. The number of aryl methyl sites for hydroxylation is 1. The monoisotopic (exact) mass is 423 g/mol. The highest BCUT2D eigenvalue weighted by atomic mass is 19.4. The number of nitrogens with zero attached hydrogens (tertiary/aromatic N) is 2. The van der Waals surface area contributed by atoms with Crippen LogP contribution in [0.3, 0.4) is 0 Å². The SMILES string of the molecule is Cc1ccccc1-c1ccc(-c2nc(-c3ccc([C@@H](C)N)cc3)no2)cc1C(F)(F)F. The molecule has 0 aliphatic carbocycles. The maximum absolute atomic E-state index is 13.9. The predicted octanol–water partition coefficient (Wildman–Crippen LogP) is 6.42. The van der Waals surface area contributed by atoms with E-state index in [4.69, 9.17) is 10.3 Å². The number of aromatic nitrogens is 2. The lowest BCUT2D eigenvalue weighted by atomic mass is 9.94. The third kappa shape index (κ3) is 4.22. The van der Waals surface area contributed by atoms with E-state index in [0.29, 0.717) is 17.0 Å². The summed E-state index contributed by atoms with van der Waals surface area (Å²) in [6, 6.07) is 18.2. The van der Waals surface area contributed by atoms with Crippen LogP contribution in [0.4, 0.5) is 13.2 Å². The fraction of sp³-hybridized carbons (Fsp3) is 0.167. The maximum Gasteiger partial charge on any atom is 0.417 e. The minimum absolute atomic E-state index is 0.0214. The predicted molar refractivity (Wildman–Crippen MR) is 113 cm³/mol. The molecule has 1 atom stereocenters. The minimum Gasteiger partial charge on any atom is -0.334 e. The van der Waals surface area contributed by atoms with Crippen LogP contribution in [0.25, 0.3) is 34.0 Å². The zero-order valence-corrected chi connectivity index (χ0v) is 16.9. The molecule has 7 heteroatoms. The van der Waals surface area contributed by atoms with Gasteiger partial charge in [-0.2, -0.15) is 18.2 Å². The molecule has 4 aromatic rings. The molecule has 0 saturated carbocycles. The molecular formula is C24H20F3N3O. The number of hydrogen-bond acceptors (Lipinski definition) is 4. The maximum atomic E-state index is 13.9. The van der Waals surface area contributed by atoms with Crippen LogP contribution in [-0.4, -0.2) is 10.1 Å². The molecule has 0 amide bonds. The molecule has 4 rings (SSSR count). The van der Waals surface area contributed by atoms with Gasteiger partial charge in [0, 0.05) is 17.2 Å². The van der Waals surface area contributed by atoms with Crippen molar-refractivity contribution in [3.8, 4) is 34.0 Å². The first-order valence-electron chi connectivity index (χ1n) is 9.71. The van der Waals surface area contributed by atoms with Crippen molar-refractivity contribution >= 4 is 0 Å². The Bertz CT molecular complexity index is 1210. The fourth-order valence-electron chi connectivity index (χ4n) is 3.42. The molecule has 2 N–H and O–H groups in total. The van der Waals surface area contributed by atoms with Crippen LogP contribution < -0.4 is 5.73 Å². The fourth-order valence-corrected chi connectivity index (χ4v) is 3.42. The van der Waals surface area contributed by atoms with Crippen LogP contribution in [0.1, 0.15) is 29.7 Å². The molecule has 0 unspecified atom stereocenters. The third-order valence-electron chi connectivity index (χ3n) is 5.13. The molecule has 0 fully saturated rings. The summed E-state index contributed by atoms with van der Waals surface area (Å²) in [5.74, 6) is 0.316. The van der Waals surface area contributed by atoms with Gasteiger partial charge in [-0.1, -0.05) is 59.8 Å². The summed E-state index contributed by atoms with van der Waals surface area (Å²) < 4.78 is 46.8. The molecule has 0 aliphatic rings. The van der Waals surface area contributed by atoms with E-state index in [0.717, 1.165) is 17.2 Å². The van der Waals surface area contributed by atoms with Gasteiger partial charge in [0.15, 0.2) is 0 Å². The van der Waals surface area contributed by atoms with Crippen molar-refractivity contribution in [2.45, 2.75) is 26.1 Å². The highest BCUT2D eigenvalue weighted by molar-refractivity contribution is 5.74. The zero-order valence-electron chi connectivity index (χ0n) is 16.9. The van der Waals surface area contributed by atoms with E-state index < -0.39 is 11.7 Å². The van der Waals surface area contributed by atoms with Gasteiger partial charge in [0.25, 0.3) is 5.89 Å². The summed E-state index contributed by atoms with van der Waals surface area (Å²) in [5, 5.41) is 3.93. The Kier molecular flexibility index (Phi) is 5.37. The smallest absolute Gasteiger partial charge is 0.334 e. The molecule has 1 heterocycles. The molecule has 4 nitrogen and oxygen atoms in total. The van der Waals surface area contributed by atoms with Crippen molar-refractivity contribution in [2.24, 2.45) is 5.73 Å². The largest absolute Gasteiger partial charge is 0.417 e. The van der Waals surface area contributed by atoms with Crippen molar-refractivity contribution in [1.82, 2.24) is 10.1 Å². The lowest BCUT2D eigenvalue weighted by molar-refractivity contribution is -0.137. The molecular weight excluding hydrogens is 403 g/mol. The lowest BCUT2D eigenvalue weighted by Gasteiger charge is -2.15. The second-order valence-electron chi connectivity index (χ2n) is 7.41. The van der Waals surface area contributed by atoms with Crippen LogP contribution in [0.5, 0.6) is 0 Å². The van der Waals surface area contributed by atoms with E-state index in [9.17, 15) is 13.2 Å². The number of rotatable bonds is 4. The van der Waals surface area contributed by atoms with E-state index in [2.05, 4.69) is 10.1 Å². The molecule has 0 saturated heterocycles. The van der Waals surface area contributed by atoms with Gasteiger partial charge in [-0.3, -0.25) is 0 Å². The second kappa shape index (κ2) is 8.00. The van der Waals surface area contributed by atoms with E-state index >= 15 is 0 Å². The Morgan fingerprint density at radius 3 is 2.23 bits per heavy atom. The van der Waals surface area contributed by atoms with Gasteiger partial charge < -0.3 is 10.3 Å². The standard InChI is InChI=1S/C24H20F3N3O/c1-14-5-3-4-6-19(14)20-12-11-18(13-21(20)24(25,26)27)23-29-22(30-31-23)17-9-7-16(8-10-17)15(2)28/h3-13,15H,28H2,1-2H3/t15-/m1/s1. The van der Waals surface area contributed by atoms with E-state index in [1.54, 1.807) is 49.4 Å². The summed E-state index contributed by atoms with van der Waals surface area (Å²) in [5.41, 5.74) is 8.35. The molecule has 31 heavy (non-hydrogen) atoms. The lowest BCUT2D eigenvalue weighted by Crippen LogP contribution is -2.08. The Morgan fingerprint density at radius 2 is 1.58 bits per heavy atom. The van der Waals surface area contributed by atoms with Gasteiger partial charge in [-0.25, -0.2) is 0 Å². The van der Waals surface area contributed by atoms with Crippen molar-refractivity contribution in [3.63, 3.8) is 0 Å². The Hall–Kier alpha value is -3.45. The minimum atomic E-state index is -4.54. The summed E-state index contributed by atoms with van der Waals surface area (Å²) in [4.78, 5) is 4.29. The summed E-state index contributed by atoms with van der Waals surface area (Å²) in [7, 11) is 0. The van der Waals surface area contributed by atoms with Gasteiger partial charge in [0.05, 0.1) is 5.56 Å². The normalized spacial score (nSPS) is 12.7. The highest BCUT2D eigenvalue weighted by Gasteiger charge is 2.34. The van der Waals surface area contributed by atoms with Gasteiger partial charge in [0.2, 0.25) is 5.82 Å². The topological polar surface area (TPSA) is 64.9 Å². The summed E-state index contributed by atoms with van der Waals surface area (Å²) >= 11 is 0. The molecule has 0 spiro atoms. The van der Waals surface area contributed by atoms with Crippen LogP contribution in [0.2, 0.25) is 0 Å². The summed E-state index contributed by atoms with van der Waals surface area (Å²) in [6.45, 7) is 3.66. The van der Waals surface area contributed by atoms with Crippen molar-refractivity contribution in [3.05, 3.63) is 83.4 Å². The van der Waals surface area contributed by atoms with E-state index in [1.165, 1.54) is 6.07 Å². The number of nitrogens with two attached hydrogens (primary N) is 1. The van der Waals surface area contributed by atoms with Gasteiger partial charge in [-0.05, 0) is 48.2 Å². The van der Waals surface area contributed by atoms with Crippen molar-refractivity contribution in [2.75, 3.05) is 0 Å². The Balaban J connectivity index is 1.73. The van der Waals surface area contributed by atoms with Gasteiger partial charge in [-0.15, -0.1) is 0 Å². The highest BCUT2D eigenvalue weighted by Crippen LogP contribution is 2.40. The summed E-state index contributed by atoms with van der Waals surface area (Å²) in [6.07, 6.45) is -4.54. The third-order valence-corrected chi connectivity index (χ3v) is 5.13. The Labute approximate surface area is 177 Å². The van der Waals surface area contributed by atoms with E-state index in [-0.39, 0.29) is 23.1 Å². The molecule has 0 aliphatic heterocycles. The van der Waals surface area contributed by atoms with Crippen LogP contribution in [0, 0.1) is 6.92 Å². The van der Waals surface area contributed by atoms with Crippen molar-refractivity contribution in [1.29, 1.82) is 0 Å². The van der Waals surface area contributed by atoms with Gasteiger partial charge in [0.1, 0.15) is 0 Å². The number of halogens is 3. The Morgan fingerprint density at radius 1 is 0.903 bits per heavy atom. The zero-order chi connectivity index (χ0) is 22.2. The second-order valence-corrected chi connectivity index (χ2v) is 7.41. The molecule has 3 aromatic carbocycles. The molecule has 158 valence electrons.